The lowest BCUT2D eigenvalue weighted by Crippen LogP contribution is -2.33. The Kier molecular flexibility index (Phi) is 7.25. The lowest BCUT2D eigenvalue weighted by atomic mass is 10.1. The summed E-state index contributed by atoms with van der Waals surface area (Å²) in [6, 6.07) is 6.93. The van der Waals surface area contributed by atoms with Gasteiger partial charge >= 0.3 is 0 Å². The first-order chi connectivity index (χ1) is 11.6. The van der Waals surface area contributed by atoms with Gasteiger partial charge in [0.15, 0.2) is 0 Å². The molecule has 1 aromatic rings. The quantitative estimate of drug-likeness (QED) is 0.769. The number of nitrogens with one attached hydrogen (secondary N) is 2. The van der Waals surface area contributed by atoms with Crippen LogP contribution in [0.15, 0.2) is 24.3 Å². The first-order valence-corrected chi connectivity index (χ1v) is 8.91. The number of benzene rings is 1. The van der Waals surface area contributed by atoms with Crippen molar-refractivity contribution >= 4 is 11.8 Å². The van der Waals surface area contributed by atoms with Crippen LogP contribution in [0, 0.1) is 0 Å². The van der Waals surface area contributed by atoms with Crippen molar-refractivity contribution in [3.63, 3.8) is 0 Å². The molecule has 2 N–H and O–H groups in total. The molecule has 2 rings (SSSR count). The summed E-state index contributed by atoms with van der Waals surface area (Å²) in [6.07, 6.45) is 5.35. The summed E-state index contributed by atoms with van der Waals surface area (Å²) in [5, 5.41) is 5.83. The van der Waals surface area contributed by atoms with Crippen molar-refractivity contribution < 1.29 is 14.3 Å². The molecular weight excluding hydrogens is 304 g/mol. The van der Waals surface area contributed by atoms with E-state index in [1.54, 1.807) is 24.3 Å². The van der Waals surface area contributed by atoms with Gasteiger partial charge in [0.1, 0.15) is 0 Å². The minimum absolute atomic E-state index is 0.0827. The van der Waals surface area contributed by atoms with Crippen LogP contribution in [0.25, 0.3) is 0 Å². The lowest BCUT2D eigenvalue weighted by molar-refractivity contribution is 0.0899. The van der Waals surface area contributed by atoms with Gasteiger partial charge in [-0.3, -0.25) is 9.59 Å². The van der Waals surface area contributed by atoms with Crippen LogP contribution in [0.5, 0.6) is 0 Å². The van der Waals surface area contributed by atoms with Gasteiger partial charge in [0.2, 0.25) is 0 Å². The first-order valence-electron chi connectivity index (χ1n) is 8.91. The molecule has 1 aliphatic heterocycles. The highest BCUT2D eigenvalue weighted by Crippen LogP contribution is 2.17. The van der Waals surface area contributed by atoms with Gasteiger partial charge in [0.25, 0.3) is 11.8 Å². The van der Waals surface area contributed by atoms with Crippen molar-refractivity contribution in [2.45, 2.75) is 58.1 Å². The number of amides is 2. The molecular formula is C19H28N2O3. The maximum Gasteiger partial charge on any atom is 0.251 e. The highest BCUT2D eigenvalue weighted by molar-refractivity contribution is 5.99. The molecule has 0 bridgehead atoms. The number of carbonyl (C=O) groups is 2. The predicted molar refractivity (Wildman–Crippen MR) is 94.2 cm³/mol. The molecule has 1 aliphatic rings. The smallest absolute Gasteiger partial charge is 0.251 e. The summed E-state index contributed by atoms with van der Waals surface area (Å²) < 4.78 is 5.61. The van der Waals surface area contributed by atoms with E-state index in [0.717, 1.165) is 38.7 Å². The summed E-state index contributed by atoms with van der Waals surface area (Å²) in [4.78, 5) is 24.4. The SMILES string of the molecule is CCCNC(=O)c1cccc(C(=O)NC(C)CCC2CCCO2)c1. The van der Waals surface area contributed by atoms with Crippen LogP contribution < -0.4 is 10.6 Å². The standard InChI is InChI=1S/C19H28N2O3/c1-3-11-20-18(22)15-6-4-7-16(13-15)19(23)21-14(2)9-10-17-8-5-12-24-17/h4,6-7,13-14,17H,3,5,8-12H2,1-2H3,(H,20,22)(H,21,23). The topological polar surface area (TPSA) is 67.4 Å². The van der Waals surface area contributed by atoms with E-state index in [-0.39, 0.29) is 17.9 Å². The van der Waals surface area contributed by atoms with Crippen molar-refractivity contribution in [2.24, 2.45) is 0 Å². The van der Waals surface area contributed by atoms with Crippen molar-refractivity contribution in [1.82, 2.24) is 10.6 Å². The molecule has 0 saturated carbocycles. The minimum atomic E-state index is -0.141. The average molecular weight is 332 g/mol. The fourth-order valence-corrected chi connectivity index (χ4v) is 2.83. The first kappa shape index (κ1) is 18.5. The Hall–Kier alpha value is -1.88. The molecule has 5 heteroatoms. The van der Waals surface area contributed by atoms with Crippen molar-refractivity contribution in [3.05, 3.63) is 35.4 Å². The van der Waals surface area contributed by atoms with Crippen molar-refractivity contribution in [3.8, 4) is 0 Å². The largest absolute Gasteiger partial charge is 0.378 e. The lowest BCUT2D eigenvalue weighted by Gasteiger charge is -2.16. The maximum absolute atomic E-state index is 12.4. The summed E-state index contributed by atoms with van der Waals surface area (Å²) in [5.41, 5.74) is 1.03. The second-order valence-electron chi connectivity index (χ2n) is 6.42. The molecule has 0 aromatic heterocycles. The Labute approximate surface area is 144 Å². The maximum atomic E-state index is 12.4. The van der Waals surface area contributed by atoms with Crippen LogP contribution >= 0.6 is 0 Å². The van der Waals surface area contributed by atoms with Gasteiger partial charge in [0.05, 0.1) is 6.10 Å². The van der Waals surface area contributed by atoms with E-state index in [0.29, 0.717) is 23.8 Å². The fraction of sp³-hybridized carbons (Fsp3) is 0.579. The number of rotatable bonds is 8. The van der Waals surface area contributed by atoms with Crippen molar-refractivity contribution in [1.29, 1.82) is 0 Å². The third-order valence-corrected chi connectivity index (χ3v) is 4.25. The van der Waals surface area contributed by atoms with Gasteiger partial charge in [-0.2, -0.15) is 0 Å². The molecule has 1 aromatic carbocycles. The highest BCUT2D eigenvalue weighted by Gasteiger charge is 2.18. The highest BCUT2D eigenvalue weighted by atomic mass is 16.5. The third-order valence-electron chi connectivity index (χ3n) is 4.25. The Morgan fingerprint density at radius 3 is 2.71 bits per heavy atom. The van der Waals surface area contributed by atoms with Gasteiger partial charge in [-0.15, -0.1) is 0 Å². The van der Waals surface area contributed by atoms with Gasteiger partial charge in [-0.1, -0.05) is 13.0 Å². The molecule has 0 aliphatic carbocycles. The molecule has 2 amide bonds. The van der Waals surface area contributed by atoms with E-state index >= 15 is 0 Å². The van der Waals surface area contributed by atoms with E-state index < -0.39 is 0 Å². The Morgan fingerprint density at radius 2 is 2.04 bits per heavy atom. The Balaban J connectivity index is 1.85. The average Bonchev–Trinajstić information content (AvgIpc) is 3.11. The van der Waals surface area contributed by atoms with Crippen molar-refractivity contribution in [2.75, 3.05) is 13.2 Å². The molecule has 2 atom stereocenters. The second kappa shape index (κ2) is 9.42. The molecule has 2 unspecified atom stereocenters. The van der Waals surface area contributed by atoms with Gasteiger partial charge in [-0.25, -0.2) is 0 Å². The van der Waals surface area contributed by atoms with Crippen LogP contribution in [0.1, 0.15) is 66.7 Å². The number of carbonyl (C=O) groups excluding carboxylic acids is 2. The predicted octanol–water partition coefficient (Wildman–Crippen LogP) is 2.90. The van der Waals surface area contributed by atoms with Crippen LogP contribution in [0.3, 0.4) is 0 Å². The summed E-state index contributed by atoms with van der Waals surface area (Å²) >= 11 is 0. The van der Waals surface area contributed by atoms with E-state index in [4.69, 9.17) is 4.74 Å². The van der Waals surface area contributed by atoms with Gasteiger partial charge in [-0.05, 0) is 57.2 Å². The molecule has 5 nitrogen and oxygen atoms in total. The normalized spacial score (nSPS) is 18.2. The van der Waals surface area contributed by atoms with Gasteiger partial charge < -0.3 is 15.4 Å². The van der Waals surface area contributed by atoms with E-state index in [1.165, 1.54) is 0 Å². The van der Waals surface area contributed by atoms with E-state index in [2.05, 4.69) is 10.6 Å². The summed E-state index contributed by atoms with van der Waals surface area (Å²) in [5.74, 6) is -0.280. The van der Waals surface area contributed by atoms with Crippen LogP contribution in [-0.2, 0) is 4.74 Å². The van der Waals surface area contributed by atoms with Crippen LogP contribution in [0.4, 0.5) is 0 Å². The molecule has 1 fully saturated rings. The molecule has 132 valence electrons. The summed E-state index contributed by atoms with van der Waals surface area (Å²) in [7, 11) is 0. The number of hydrogen-bond acceptors (Lipinski definition) is 3. The molecule has 0 radical (unpaired) electrons. The number of ether oxygens (including phenoxy) is 1. The zero-order valence-corrected chi connectivity index (χ0v) is 14.6. The Bertz CT molecular complexity index is 553. The second-order valence-corrected chi connectivity index (χ2v) is 6.42. The van der Waals surface area contributed by atoms with Gasteiger partial charge in [0, 0.05) is 30.3 Å². The van der Waals surface area contributed by atoms with E-state index in [1.807, 2.05) is 13.8 Å². The molecule has 24 heavy (non-hydrogen) atoms. The zero-order chi connectivity index (χ0) is 17.4. The third kappa shape index (κ3) is 5.64. The summed E-state index contributed by atoms with van der Waals surface area (Å²) in [6.45, 7) is 5.50. The molecule has 1 saturated heterocycles. The molecule has 0 spiro atoms. The van der Waals surface area contributed by atoms with Crippen LogP contribution in [-0.4, -0.2) is 37.1 Å². The Morgan fingerprint density at radius 1 is 1.29 bits per heavy atom. The zero-order valence-electron chi connectivity index (χ0n) is 14.6. The van der Waals surface area contributed by atoms with E-state index in [9.17, 15) is 9.59 Å². The molecule has 1 heterocycles. The monoisotopic (exact) mass is 332 g/mol. The fourth-order valence-electron chi connectivity index (χ4n) is 2.83. The van der Waals surface area contributed by atoms with Crippen LogP contribution in [0.2, 0.25) is 0 Å². The number of hydrogen-bond donors (Lipinski definition) is 2. The minimum Gasteiger partial charge on any atom is -0.378 e.